The fourth-order valence-corrected chi connectivity index (χ4v) is 5.35. The van der Waals surface area contributed by atoms with E-state index in [0.717, 1.165) is 29.4 Å². The Morgan fingerprint density at radius 1 is 1.11 bits per heavy atom. The fourth-order valence-electron chi connectivity index (χ4n) is 5.35. The Morgan fingerprint density at radius 3 is 2.32 bits per heavy atom. The second kappa shape index (κ2) is 4.12. The summed E-state index contributed by atoms with van der Waals surface area (Å²) in [6, 6.07) is 4.11. The highest BCUT2D eigenvalue weighted by Gasteiger charge is 2.48. The molecule has 0 aliphatic heterocycles. The quantitative estimate of drug-likeness (QED) is 0.876. The Kier molecular flexibility index (Phi) is 2.51. The minimum Gasteiger partial charge on any atom is -0.481 e. The van der Waals surface area contributed by atoms with E-state index >= 15 is 0 Å². The first kappa shape index (κ1) is 11.6. The molecule has 0 unspecified atom stereocenters. The number of carboxylic acid groups (broad SMARTS) is 1. The number of aromatic amines is 1. The van der Waals surface area contributed by atoms with Gasteiger partial charge in [-0.05, 0) is 67.9 Å². The maximum atomic E-state index is 10.8. The first-order valence-corrected chi connectivity index (χ1v) is 7.58. The molecular weight excluding hydrogens is 238 g/mol. The molecule has 102 valence electrons. The summed E-state index contributed by atoms with van der Waals surface area (Å²) in [5.41, 5.74) is 2.17. The van der Waals surface area contributed by atoms with Gasteiger partial charge >= 0.3 is 5.97 Å². The molecular formula is C16H21NO2. The molecule has 5 rings (SSSR count). The highest BCUT2D eigenvalue weighted by molar-refractivity contribution is 5.69. The molecule has 4 saturated carbocycles. The number of aliphatic carboxylic acids is 1. The molecule has 19 heavy (non-hydrogen) atoms. The smallest absolute Gasteiger partial charge is 0.309 e. The zero-order chi connectivity index (χ0) is 13.0. The molecule has 1 heterocycles. The van der Waals surface area contributed by atoms with E-state index < -0.39 is 5.97 Å². The van der Waals surface area contributed by atoms with Crippen molar-refractivity contribution in [3.63, 3.8) is 0 Å². The van der Waals surface area contributed by atoms with Gasteiger partial charge in [0.05, 0.1) is 6.42 Å². The minimum atomic E-state index is -0.751. The van der Waals surface area contributed by atoms with Crippen LogP contribution < -0.4 is 0 Å². The average Bonchev–Trinajstić information content (AvgIpc) is 2.75. The van der Waals surface area contributed by atoms with Crippen LogP contribution in [0.4, 0.5) is 0 Å². The molecule has 1 aromatic rings. The summed E-state index contributed by atoms with van der Waals surface area (Å²) in [5.74, 6) is 3.62. The molecule has 2 N–H and O–H groups in total. The Hall–Kier alpha value is -1.25. The van der Waals surface area contributed by atoms with Gasteiger partial charge in [-0.25, -0.2) is 0 Å². The van der Waals surface area contributed by atoms with Crippen LogP contribution in [0.5, 0.6) is 0 Å². The fraction of sp³-hybridized carbons (Fsp3) is 0.688. The van der Waals surface area contributed by atoms with Gasteiger partial charge < -0.3 is 10.1 Å². The van der Waals surface area contributed by atoms with E-state index in [9.17, 15) is 4.79 Å². The largest absolute Gasteiger partial charge is 0.481 e. The third kappa shape index (κ3) is 1.90. The molecule has 4 aliphatic carbocycles. The lowest BCUT2D eigenvalue weighted by atomic mass is 9.51. The van der Waals surface area contributed by atoms with Crippen LogP contribution in [0.1, 0.15) is 49.4 Å². The summed E-state index contributed by atoms with van der Waals surface area (Å²) in [6.07, 6.45) is 7.23. The molecule has 3 nitrogen and oxygen atoms in total. The summed E-state index contributed by atoms with van der Waals surface area (Å²) in [5, 5.41) is 8.87. The van der Waals surface area contributed by atoms with Crippen molar-refractivity contribution in [3.05, 3.63) is 23.5 Å². The van der Waals surface area contributed by atoms with Crippen molar-refractivity contribution in [3.8, 4) is 0 Å². The number of hydrogen-bond acceptors (Lipinski definition) is 1. The third-order valence-electron chi connectivity index (χ3n) is 5.70. The van der Waals surface area contributed by atoms with Gasteiger partial charge in [-0.15, -0.1) is 0 Å². The van der Waals surface area contributed by atoms with E-state index in [2.05, 4.69) is 11.1 Å². The molecule has 0 atom stereocenters. The first-order valence-electron chi connectivity index (χ1n) is 7.58. The van der Waals surface area contributed by atoms with Crippen LogP contribution in [0.3, 0.4) is 0 Å². The summed E-state index contributed by atoms with van der Waals surface area (Å²) >= 11 is 0. The van der Waals surface area contributed by atoms with Crippen molar-refractivity contribution in [1.82, 2.24) is 4.98 Å². The Bertz CT molecular complexity index is 477. The van der Waals surface area contributed by atoms with Gasteiger partial charge in [0.25, 0.3) is 0 Å². The third-order valence-corrected chi connectivity index (χ3v) is 5.70. The van der Waals surface area contributed by atoms with Gasteiger partial charge in [0.1, 0.15) is 0 Å². The SMILES string of the molecule is O=C(O)Cc1ccc(C2C3CC4CC(C3)CC2C4)[nH]1. The summed E-state index contributed by atoms with van der Waals surface area (Å²) in [7, 11) is 0. The lowest BCUT2D eigenvalue weighted by molar-refractivity contribution is -0.136. The lowest BCUT2D eigenvalue weighted by Crippen LogP contribution is -2.43. The van der Waals surface area contributed by atoms with Crippen LogP contribution in [0.25, 0.3) is 0 Å². The van der Waals surface area contributed by atoms with E-state index in [1.54, 1.807) is 0 Å². The Labute approximate surface area is 113 Å². The summed E-state index contributed by atoms with van der Waals surface area (Å²) in [4.78, 5) is 14.2. The number of aromatic nitrogens is 1. The maximum absolute atomic E-state index is 10.8. The number of nitrogens with one attached hydrogen (secondary N) is 1. The molecule has 0 amide bonds. The molecule has 1 aromatic heterocycles. The number of carboxylic acids is 1. The second-order valence-electron chi connectivity index (χ2n) is 6.97. The molecule has 0 aromatic carbocycles. The standard InChI is InChI=1S/C16H21NO2/c18-15(19)8-13-1-2-14(17-13)16-11-4-9-3-10(6-11)7-12(16)5-9/h1-2,9-12,16-17H,3-8H2,(H,18,19). The predicted octanol–water partition coefficient (Wildman–Crippen LogP) is 3.18. The van der Waals surface area contributed by atoms with Crippen LogP contribution in [0.15, 0.2) is 12.1 Å². The maximum Gasteiger partial charge on any atom is 0.309 e. The lowest BCUT2D eigenvalue weighted by Gasteiger charge is -2.54. The normalized spacial score (nSPS) is 39.7. The predicted molar refractivity (Wildman–Crippen MR) is 71.9 cm³/mol. The number of H-pyrrole nitrogens is 1. The van der Waals surface area contributed by atoms with E-state index in [1.807, 2.05) is 6.07 Å². The molecule has 4 aliphatic rings. The zero-order valence-corrected chi connectivity index (χ0v) is 11.1. The first-order chi connectivity index (χ1) is 9.19. The van der Waals surface area contributed by atoms with Crippen LogP contribution >= 0.6 is 0 Å². The molecule has 4 bridgehead atoms. The Balaban J connectivity index is 1.58. The van der Waals surface area contributed by atoms with Gasteiger partial charge in [-0.3, -0.25) is 4.79 Å². The van der Waals surface area contributed by atoms with E-state index in [1.165, 1.54) is 37.8 Å². The van der Waals surface area contributed by atoms with Crippen molar-refractivity contribution in [2.45, 2.75) is 44.4 Å². The molecule has 0 spiro atoms. The van der Waals surface area contributed by atoms with E-state index in [-0.39, 0.29) is 6.42 Å². The highest BCUT2D eigenvalue weighted by atomic mass is 16.4. The summed E-state index contributed by atoms with van der Waals surface area (Å²) in [6.45, 7) is 0. The van der Waals surface area contributed by atoms with Crippen molar-refractivity contribution in [1.29, 1.82) is 0 Å². The van der Waals surface area contributed by atoms with Crippen molar-refractivity contribution < 1.29 is 9.90 Å². The highest BCUT2D eigenvalue weighted by Crippen LogP contribution is 2.59. The topological polar surface area (TPSA) is 53.1 Å². The van der Waals surface area contributed by atoms with Crippen LogP contribution in [-0.2, 0) is 11.2 Å². The van der Waals surface area contributed by atoms with Gasteiger partial charge in [0.2, 0.25) is 0 Å². The van der Waals surface area contributed by atoms with Gasteiger partial charge in [0.15, 0.2) is 0 Å². The van der Waals surface area contributed by atoms with E-state index in [4.69, 9.17) is 5.11 Å². The monoisotopic (exact) mass is 259 g/mol. The van der Waals surface area contributed by atoms with Gasteiger partial charge in [0, 0.05) is 17.3 Å². The Morgan fingerprint density at radius 2 is 1.74 bits per heavy atom. The van der Waals surface area contributed by atoms with Gasteiger partial charge in [-0.1, -0.05) is 0 Å². The van der Waals surface area contributed by atoms with Gasteiger partial charge in [-0.2, -0.15) is 0 Å². The number of rotatable bonds is 3. The number of hydrogen-bond donors (Lipinski definition) is 2. The average molecular weight is 259 g/mol. The molecule has 0 saturated heterocycles. The molecule has 0 radical (unpaired) electrons. The summed E-state index contributed by atoms with van der Waals surface area (Å²) < 4.78 is 0. The van der Waals surface area contributed by atoms with Crippen molar-refractivity contribution in [2.24, 2.45) is 23.7 Å². The zero-order valence-electron chi connectivity index (χ0n) is 11.1. The number of carbonyl (C=O) groups is 1. The van der Waals surface area contributed by atoms with Crippen molar-refractivity contribution in [2.75, 3.05) is 0 Å². The molecule has 4 fully saturated rings. The van der Waals surface area contributed by atoms with Crippen LogP contribution in [-0.4, -0.2) is 16.1 Å². The second-order valence-corrected chi connectivity index (χ2v) is 6.97. The minimum absolute atomic E-state index is 0.118. The molecule has 3 heteroatoms. The van der Waals surface area contributed by atoms with Crippen molar-refractivity contribution >= 4 is 5.97 Å². The van der Waals surface area contributed by atoms with E-state index in [0.29, 0.717) is 5.92 Å². The van der Waals surface area contributed by atoms with Crippen LogP contribution in [0, 0.1) is 23.7 Å². The van der Waals surface area contributed by atoms with Crippen LogP contribution in [0.2, 0.25) is 0 Å².